The van der Waals surface area contributed by atoms with E-state index in [0.717, 1.165) is 17.8 Å². The minimum Gasteiger partial charge on any atom is -0.399 e. The van der Waals surface area contributed by atoms with E-state index in [1.807, 2.05) is 16.8 Å². The summed E-state index contributed by atoms with van der Waals surface area (Å²) in [5, 5.41) is 5.08. The first-order valence-electron chi connectivity index (χ1n) is 5.72. The normalized spacial score (nSPS) is 11.6. The van der Waals surface area contributed by atoms with Crippen LogP contribution in [0.25, 0.3) is 0 Å². The van der Waals surface area contributed by atoms with Crippen molar-refractivity contribution in [3.63, 3.8) is 0 Å². The van der Waals surface area contributed by atoms with E-state index < -0.39 is 0 Å². The van der Waals surface area contributed by atoms with Crippen LogP contribution in [-0.4, -0.2) is 22.4 Å². The van der Waals surface area contributed by atoms with Gasteiger partial charge in [-0.05, 0) is 12.1 Å². The van der Waals surface area contributed by atoms with Gasteiger partial charge in [0.25, 0.3) is 0 Å². The first-order valence-corrected chi connectivity index (χ1v) is 6.47. The number of aromatic nitrogens is 2. The van der Waals surface area contributed by atoms with Gasteiger partial charge in [0.2, 0.25) is 0 Å². The molecule has 0 spiro atoms. The Balaban J connectivity index is 2.15. The van der Waals surface area contributed by atoms with Gasteiger partial charge in [0.15, 0.2) is 0 Å². The number of imidazole rings is 1. The van der Waals surface area contributed by atoms with Crippen molar-refractivity contribution in [3.8, 4) is 0 Å². The fourth-order valence-corrected chi connectivity index (χ4v) is 1.98. The molecule has 6 heteroatoms. The highest BCUT2D eigenvalue weighted by Crippen LogP contribution is 2.23. The Morgan fingerprint density at radius 1 is 1.37 bits per heavy atom. The molecule has 0 unspecified atom stereocenters. The lowest BCUT2D eigenvalue weighted by molar-refractivity contribution is 0.212. The van der Waals surface area contributed by atoms with Crippen molar-refractivity contribution in [2.75, 3.05) is 7.11 Å². The standard InChI is InChI=1S/C13H13Cl2N3O/c1-19-17-13(4-6-18-7-5-16-9-18)10-2-3-11(14)12(15)8-10/h2-3,5,7-9H,4,6H2,1H3/b17-13-. The number of halogens is 2. The Hall–Kier alpha value is -1.52. The number of hydrogen-bond acceptors (Lipinski definition) is 3. The average Bonchev–Trinajstić information content (AvgIpc) is 2.91. The monoisotopic (exact) mass is 297 g/mol. The maximum absolute atomic E-state index is 6.01. The molecule has 19 heavy (non-hydrogen) atoms. The number of aryl methyl sites for hydroxylation is 1. The highest BCUT2D eigenvalue weighted by atomic mass is 35.5. The first-order chi connectivity index (χ1) is 9.20. The van der Waals surface area contributed by atoms with Gasteiger partial charge in [0.05, 0.1) is 22.1 Å². The van der Waals surface area contributed by atoms with Crippen LogP contribution in [0.4, 0.5) is 0 Å². The Morgan fingerprint density at radius 3 is 2.84 bits per heavy atom. The van der Waals surface area contributed by atoms with Crippen LogP contribution >= 0.6 is 23.2 Å². The lowest BCUT2D eigenvalue weighted by Crippen LogP contribution is -2.07. The summed E-state index contributed by atoms with van der Waals surface area (Å²) >= 11 is 11.9. The van der Waals surface area contributed by atoms with Crippen molar-refractivity contribution in [2.24, 2.45) is 5.16 Å². The van der Waals surface area contributed by atoms with Crippen molar-refractivity contribution in [2.45, 2.75) is 13.0 Å². The second kappa shape index (κ2) is 6.59. The summed E-state index contributed by atoms with van der Waals surface area (Å²) in [6.45, 7) is 0.766. The number of oxime groups is 1. The molecular weight excluding hydrogens is 285 g/mol. The van der Waals surface area contributed by atoms with Crippen molar-refractivity contribution < 1.29 is 4.84 Å². The van der Waals surface area contributed by atoms with Crippen LogP contribution in [0.1, 0.15) is 12.0 Å². The predicted octanol–water partition coefficient (Wildman–Crippen LogP) is 3.63. The largest absolute Gasteiger partial charge is 0.399 e. The van der Waals surface area contributed by atoms with Gasteiger partial charge in [-0.25, -0.2) is 4.98 Å². The van der Waals surface area contributed by atoms with Crippen LogP contribution in [0.15, 0.2) is 42.1 Å². The smallest absolute Gasteiger partial charge is 0.106 e. The fourth-order valence-electron chi connectivity index (χ4n) is 1.68. The summed E-state index contributed by atoms with van der Waals surface area (Å²) in [7, 11) is 1.52. The average molecular weight is 298 g/mol. The second-order valence-electron chi connectivity index (χ2n) is 3.90. The van der Waals surface area contributed by atoms with Gasteiger partial charge in [-0.1, -0.05) is 34.4 Å². The third-order valence-electron chi connectivity index (χ3n) is 2.62. The van der Waals surface area contributed by atoms with Crippen LogP contribution in [0.3, 0.4) is 0 Å². The van der Waals surface area contributed by atoms with E-state index in [1.54, 1.807) is 24.7 Å². The zero-order valence-electron chi connectivity index (χ0n) is 10.4. The molecule has 4 nitrogen and oxygen atoms in total. The summed E-state index contributed by atoms with van der Waals surface area (Å²) < 4.78 is 1.97. The van der Waals surface area contributed by atoms with Gasteiger partial charge in [0.1, 0.15) is 7.11 Å². The summed E-state index contributed by atoms with van der Waals surface area (Å²) in [6, 6.07) is 5.41. The third-order valence-corrected chi connectivity index (χ3v) is 3.36. The van der Waals surface area contributed by atoms with Crippen LogP contribution in [0, 0.1) is 0 Å². The highest BCUT2D eigenvalue weighted by Gasteiger charge is 2.08. The number of hydrogen-bond donors (Lipinski definition) is 0. The summed E-state index contributed by atoms with van der Waals surface area (Å²) in [5.74, 6) is 0. The van der Waals surface area contributed by atoms with Crippen molar-refractivity contribution in [1.82, 2.24) is 9.55 Å². The molecule has 0 fully saturated rings. The van der Waals surface area contributed by atoms with Crippen molar-refractivity contribution >= 4 is 28.9 Å². The maximum Gasteiger partial charge on any atom is 0.106 e. The van der Waals surface area contributed by atoms with E-state index >= 15 is 0 Å². The van der Waals surface area contributed by atoms with Gasteiger partial charge in [-0.2, -0.15) is 0 Å². The molecule has 1 heterocycles. The molecule has 0 radical (unpaired) electrons. The molecule has 100 valence electrons. The molecule has 0 atom stereocenters. The van der Waals surface area contributed by atoms with E-state index in [4.69, 9.17) is 28.0 Å². The summed E-state index contributed by atoms with van der Waals surface area (Å²) in [4.78, 5) is 8.88. The Kier molecular flexibility index (Phi) is 4.82. The van der Waals surface area contributed by atoms with Crippen LogP contribution in [0.5, 0.6) is 0 Å². The molecule has 1 aromatic heterocycles. The zero-order valence-corrected chi connectivity index (χ0v) is 11.9. The molecule has 1 aromatic carbocycles. The molecule has 0 N–H and O–H groups in total. The van der Waals surface area contributed by atoms with E-state index in [2.05, 4.69) is 10.1 Å². The molecule has 0 aliphatic heterocycles. The number of nitrogens with zero attached hydrogens (tertiary/aromatic N) is 3. The van der Waals surface area contributed by atoms with Gasteiger partial charge in [-0.15, -0.1) is 0 Å². The molecule has 0 aliphatic rings. The zero-order chi connectivity index (χ0) is 13.7. The van der Waals surface area contributed by atoms with Gasteiger partial charge < -0.3 is 9.40 Å². The van der Waals surface area contributed by atoms with Crippen molar-refractivity contribution in [1.29, 1.82) is 0 Å². The van der Waals surface area contributed by atoms with E-state index in [1.165, 1.54) is 7.11 Å². The van der Waals surface area contributed by atoms with Gasteiger partial charge in [-0.3, -0.25) is 0 Å². The van der Waals surface area contributed by atoms with Crippen LogP contribution < -0.4 is 0 Å². The number of rotatable bonds is 5. The van der Waals surface area contributed by atoms with Crippen molar-refractivity contribution in [3.05, 3.63) is 52.5 Å². The first kappa shape index (κ1) is 13.9. The minimum absolute atomic E-state index is 0.505. The molecule has 0 bridgehead atoms. The molecule has 2 rings (SSSR count). The molecular formula is C13H13Cl2N3O. The van der Waals surface area contributed by atoms with Crippen LogP contribution in [-0.2, 0) is 11.4 Å². The molecule has 2 aromatic rings. The predicted molar refractivity (Wildman–Crippen MR) is 76.9 cm³/mol. The Labute approximate surface area is 121 Å². The molecule has 0 saturated carbocycles. The summed E-state index contributed by atoms with van der Waals surface area (Å²) in [5.41, 5.74) is 1.71. The van der Waals surface area contributed by atoms with E-state index in [0.29, 0.717) is 16.5 Å². The molecule has 0 amide bonds. The summed E-state index contributed by atoms with van der Waals surface area (Å²) in [6.07, 6.45) is 6.12. The van der Waals surface area contributed by atoms with Gasteiger partial charge in [0, 0.05) is 30.9 Å². The lowest BCUT2D eigenvalue weighted by atomic mass is 10.1. The lowest BCUT2D eigenvalue weighted by Gasteiger charge is -2.08. The topological polar surface area (TPSA) is 39.4 Å². The SMILES string of the molecule is CO/N=C(/CCn1ccnc1)c1ccc(Cl)c(Cl)c1. The Morgan fingerprint density at radius 2 is 2.21 bits per heavy atom. The minimum atomic E-state index is 0.505. The Bertz CT molecular complexity index is 567. The van der Waals surface area contributed by atoms with E-state index in [-0.39, 0.29) is 0 Å². The second-order valence-corrected chi connectivity index (χ2v) is 4.71. The quantitative estimate of drug-likeness (QED) is 0.624. The van der Waals surface area contributed by atoms with Gasteiger partial charge >= 0.3 is 0 Å². The molecule has 0 saturated heterocycles. The van der Waals surface area contributed by atoms with Crippen LogP contribution in [0.2, 0.25) is 10.0 Å². The fraction of sp³-hybridized carbons (Fsp3) is 0.231. The third kappa shape index (κ3) is 3.72. The highest BCUT2D eigenvalue weighted by molar-refractivity contribution is 6.42. The van der Waals surface area contributed by atoms with E-state index in [9.17, 15) is 0 Å². The molecule has 0 aliphatic carbocycles. The maximum atomic E-state index is 6.01. The number of benzene rings is 1.